The Bertz CT molecular complexity index is 327. The van der Waals surface area contributed by atoms with Gasteiger partial charge >= 0.3 is 0 Å². The molecule has 2 saturated heterocycles. The number of nitrogens with one attached hydrogen (secondary N) is 1. The van der Waals surface area contributed by atoms with E-state index in [2.05, 4.69) is 19.3 Å². The normalized spacial score (nSPS) is 33.6. The molecule has 0 spiro atoms. The van der Waals surface area contributed by atoms with Gasteiger partial charge in [-0.2, -0.15) is 0 Å². The molecule has 15 heavy (non-hydrogen) atoms. The van der Waals surface area contributed by atoms with E-state index >= 15 is 0 Å². The molecule has 2 heterocycles. The molecule has 0 aromatic carbocycles. The third-order valence-corrected chi connectivity index (χ3v) is 3.33. The minimum atomic E-state index is -0.158. The summed E-state index contributed by atoms with van der Waals surface area (Å²) in [5, 5.41) is 1.77. The van der Waals surface area contributed by atoms with Gasteiger partial charge in [0.25, 0.3) is 0 Å². The third kappa shape index (κ3) is 1.33. The van der Waals surface area contributed by atoms with Crippen LogP contribution in [0, 0.1) is 5.41 Å². The van der Waals surface area contributed by atoms with Crippen molar-refractivity contribution in [1.82, 2.24) is 15.3 Å². The molecule has 0 bridgehead atoms. The Morgan fingerprint density at radius 3 is 2.67 bits per heavy atom. The summed E-state index contributed by atoms with van der Waals surface area (Å²) >= 11 is 0. The number of hydrogen-bond acceptors (Lipinski definition) is 3. The molecule has 0 aliphatic carbocycles. The molecule has 2 unspecified atom stereocenters. The van der Waals surface area contributed by atoms with E-state index < -0.39 is 0 Å². The molecule has 84 valence electrons. The smallest absolute Gasteiger partial charge is 0.244 e. The Balaban J connectivity index is 2.18. The fourth-order valence-corrected chi connectivity index (χ4v) is 2.81. The number of amides is 2. The predicted molar refractivity (Wildman–Crippen MR) is 54.6 cm³/mol. The monoisotopic (exact) mass is 211 g/mol. The molecule has 5 heteroatoms. The van der Waals surface area contributed by atoms with Crippen molar-refractivity contribution < 1.29 is 9.59 Å². The van der Waals surface area contributed by atoms with Gasteiger partial charge in [0.15, 0.2) is 0 Å². The summed E-state index contributed by atoms with van der Waals surface area (Å²) in [5.74, 6) is -0.0203. The second kappa shape index (κ2) is 2.95. The van der Waals surface area contributed by atoms with Crippen LogP contribution < -0.4 is 5.43 Å². The van der Waals surface area contributed by atoms with Crippen molar-refractivity contribution in [2.24, 2.45) is 5.41 Å². The molecule has 2 fully saturated rings. The van der Waals surface area contributed by atoms with Crippen LogP contribution in [-0.2, 0) is 9.59 Å². The third-order valence-electron chi connectivity index (χ3n) is 3.33. The molecule has 2 amide bonds. The minimum Gasteiger partial charge on any atom is -0.338 e. The number of hydrazine groups is 1. The van der Waals surface area contributed by atoms with Gasteiger partial charge in [-0.05, 0) is 0 Å². The van der Waals surface area contributed by atoms with E-state index in [0.717, 1.165) is 6.54 Å². The van der Waals surface area contributed by atoms with Gasteiger partial charge in [-0.15, -0.1) is 0 Å². The number of nitrogens with zero attached hydrogens (tertiary/aromatic N) is 2. The van der Waals surface area contributed by atoms with Gasteiger partial charge in [-0.25, -0.2) is 5.01 Å². The summed E-state index contributed by atoms with van der Waals surface area (Å²) in [6.07, 6.45) is 0. The highest BCUT2D eigenvalue weighted by atomic mass is 16.2. The van der Waals surface area contributed by atoms with Crippen molar-refractivity contribution in [3.63, 3.8) is 0 Å². The van der Waals surface area contributed by atoms with E-state index in [1.807, 2.05) is 7.05 Å². The lowest BCUT2D eigenvalue weighted by Gasteiger charge is -2.47. The molecule has 2 aliphatic heterocycles. The first kappa shape index (κ1) is 10.4. The second-order valence-electron chi connectivity index (χ2n) is 5.12. The maximum atomic E-state index is 11.7. The van der Waals surface area contributed by atoms with Crippen LogP contribution in [0.1, 0.15) is 20.8 Å². The molecule has 0 radical (unpaired) electrons. The molecular weight excluding hydrogens is 194 g/mol. The lowest BCUT2D eigenvalue weighted by atomic mass is 9.79. The second-order valence-corrected chi connectivity index (χ2v) is 5.12. The molecule has 2 aliphatic rings. The van der Waals surface area contributed by atoms with Gasteiger partial charge in [0.05, 0.1) is 6.04 Å². The Morgan fingerprint density at radius 2 is 2.13 bits per heavy atom. The Labute approximate surface area is 89.4 Å². The number of rotatable bonds is 1. The first-order valence-corrected chi connectivity index (χ1v) is 5.15. The molecule has 2 rings (SSSR count). The number of hydrogen-bond donors (Lipinski definition) is 1. The summed E-state index contributed by atoms with van der Waals surface area (Å²) < 4.78 is 0. The Morgan fingerprint density at radius 1 is 1.53 bits per heavy atom. The lowest BCUT2D eigenvalue weighted by Crippen LogP contribution is -2.68. The first-order valence-electron chi connectivity index (χ1n) is 5.15. The number of β-lactam (4-membered cyclic amide) rings is 1. The maximum Gasteiger partial charge on any atom is 0.244 e. The van der Waals surface area contributed by atoms with E-state index in [1.54, 1.807) is 9.91 Å². The van der Waals surface area contributed by atoms with E-state index in [4.69, 9.17) is 0 Å². The van der Waals surface area contributed by atoms with E-state index in [0.29, 0.717) is 0 Å². The van der Waals surface area contributed by atoms with Crippen molar-refractivity contribution in [2.45, 2.75) is 32.9 Å². The van der Waals surface area contributed by atoms with Crippen molar-refractivity contribution in [3.05, 3.63) is 0 Å². The van der Waals surface area contributed by atoms with Crippen LogP contribution in [0.25, 0.3) is 0 Å². The van der Waals surface area contributed by atoms with Crippen molar-refractivity contribution in [1.29, 1.82) is 0 Å². The van der Waals surface area contributed by atoms with Gasteiger partial charge in [-0.3, -0.25) is 15.0 Å². The minimum absolute atomic E-state index is 0.0375. The molecule has 0 saturated carbocycles. The number of carbonyl (C=O) groups excluding carboxylic acids is 2. The summed E-state index contributed by atoms with van der Waals surface area (Å²) in [4.78, 5) is 24.4. The predicted octanol–water partition coefficient (Wildman–Crippen LogP) is -0.411. The summed E-state index contributed by atoms with van der Waals surface area (Å²) in [5.41, 5.74) is 2.76. The van der Waals surface area contributed by atoms with Crippen LogP contribution in [0.3, 0.4) is 0 Å². The number of fused-ring (bicyclic) bond motifs is 1. The Hall–Kier alpha value is -1.10. The highest BCUT2D eigenvalue weighted by Crippen LogP contribution is 2.43. The van der Waals surface area contributed by atoms with Gasteiger partial charge in [0, 0.05) is 25.9 Å². The summed E-state index contributed by atoms with van der Waals surface area (Å²) in [6, 6.07) is 0.0609. The fourth-order valence-electron chi connectivity index (χ4n) is 2.81. The highest BCUT2D eigenvalue weighted by molar-refractivity contribution is 5.90. The SMILES string of the molecule is CC(=O)NN1CC(C)(C)C2C1C(=O)N2C. The average Bonchev–Trinajstić information content (AvgIpc) is 2.32. The maximum absolute atomic E-state index is 11.7. The molecule has 2 atom stereocenters. The molecule has 0 aromatic heterocycles. The molecule has 0 aromatic rings. The zero-order valence-corrected chi connectivity index (χ0v) is 9.57. The highest BCUT2D eigenvalue weighted by Gasteiger charge is 2.61. The van der Waals surface area contributed by atoms with Crippen molar-refractivity contribution in [2.75, 3.05) is 13.6 Å². The van der Waals surface area contributed by atoms with Gasteiger partial charge in [0.1, 0.15) is 6.04 Å². The number of carbonyl (C=O) groups is 2. The van der Waals surface area contributed by atoms with Gasteiger partial charge in [-0.1, -0.05) is 13.8 Å². The zero-order valence-electron chi connectivity index (χ0n) is 9.57. The quantitative estimate of drug-likeness (QED) is 0.600. The fraction of sp³-hybridized carbons (Fsp3) is 0.800. The molecule has 1 N–H and O–H groups in total. The van der Waals surface area contributed by atoms with Crippen LogP contribution in [0.4, 0.5) is 0 Å². The van der Waals surface area contributed by atoms with E-state index in [1.165, 1.54) is 6.92 Å². The van der Waals surface area contributed by atoms with Gasteiger partial charge in [0.2, 0.25) is 11.8 Å². The van der Waals surface area contributed by atoms with Crippen LogP contribution >= 0.6 is 0 Å². The number of likely N-dealkylation sites (tertiary alicyclic amines) is 1. The summed E-state index contributed by atoms with van der Waals surface area (Å²) in [7, 11) is 1.82. The average molecular weight is 211 g/mol. The molecule has 5 nitrogen and oxygen atoms in total. The van der Waals surface area contributed by atoms with Crippen LogP contribution in [0.5, 0.6) is 0 Å². The Kier molecular flexibility index (Phi) is 2.05. The number of likely N-dealkylation sites (N-methyl/N-ethyl adjacent to an activating group) is 1. The van der Waals surface area contributed by atoms with Crippen LogP contribution in [-0.4, -0.2) is 47.4 Å². The molecular formula is C10H17N3O2. The van der Waals surface area contributed by atoms with Crippen LogP contribution in [0.15, 0.2) is 0 Å². The van der Waals surface area contributed by atoms with Crippen LogP contribution in [0.2, 0.25) is 0 Å². The largest absolute Gasteiger partial charge is 0.338 e. The van der Waals surface area contributed by atoms with E-state index in [-0.39, 0.29) is 29.3 Å². The summed E-state index contributed by atoms with van der Waals surface area (Å²) in [6.45, 7) is 6.43. The van der Waals surface area contributed by atoms with Gasteiger partial charge < -0.3 is 4.90 Å². The lowest BCUT2D eigenvalue weighted by molar-refractivity contribution is -0.156. The van der Waals surface area contributed by atoms with Crippen molar-refractivity contribution >= 4 is 11.8 Å². The standard InChI is InChI=1S/C10H17N3O2/c1-6(14)11-13-5-10(2,3)8-7(13)9(15)12(8)4/h7-8H,5H2,1-4H3,(H,11,14). The van der Waals surface area contributed by atoms with E-state index in [9.17, 15) is 9.59 Å². The topological polar surface area (TPSA) is 52.7 Å². The zero-order chi connectivity index (χ0) is 11.4. The van der Waals surface area contributed by atoms with Crippen molar-refractivity contribution in [3.8, 4) is 0 Å². The first-order chi connectivity index (χ1) is 6.84.